The maximum Gasteiger partial charge on any atom is 0.275 e. The van der Waals surface area contributed by atoms with Crippen LogP contribution in [0.1, 0.15) is 20.8 Å². The molecule has 2 N–H and O–H groups in total. The summed E-state index contributed by atoms with van der Waals surface area (Å²) in [5, 5.41) is 6.67. The summed E-state index contributed by atoms with van der Waals surface area (Å²) in [7, 11) is 1.53. The van der Waals surface area contributed by atoms with Crippen LogP contribution in [-0.2, 0) is 0 Å². The molecule has 0 unspecified atom stereocenters. The number of hydrogen-bond acceptors (Lipinski definition) is 5. The fourth-order valence-electron chi connectivity index (χ4n) is 2.12. The van der Waals surface area contributed by atoms with E-state index in [0.29, 0.717) is 11.3 Å². The van der Waals surface area contributed by atoms with Crippen molar-refractivity contribution in [2.45, 2.75) is 0 Å². The first-order valence-electron chi connectivity index (χ1n) is 7.63. The van der Waals surface area contributed by atoms with Gasteiger partial charge in [-0.1, -0.05) is 0 Å². The van der Waals surface area contributed by atoms with Gasteiger partial charge in [-0.3, -0.25) is 14.9 Å². The normalized spacial score (nSPS) is 10.3. The number of rotatable bonds is 5. The van der Waals surface area contributed by atoms with Crippen LogP contribution in [0.5, 0.6) is 5.75 Å². The molecule has 2 aromatic carbocycles. The average molecular weight is 389 g/mol. The number of anilines is 2. The van der Waals surface area contributed by atoms with E-state index in [1.807, 2.05) is 0 Å². The first kappa shape index (κ1) is 18.5. The Balaban J connectivity index is 1.65. The van der Waals surface area contributed by atoms with Gasteiger partial charge in [-0.15, -0.1) is 11.3 Å². The topological polar surface area (TPSA) is 80.3 Å². The van der Waals surface area contributed by atoms with E-state index in [1.165, 1.54) is 18.6 Å². The molecule has 3 aromatic rings. The van der Waals surface area contributed by atoms with Gasteiger partial charge in [-0.25, -0.2) is 13.8 Å². The highest BCUT2D eigenvalue weighted by Gasteiger charge is 2.14. The quantitative estimate of drug-likeness (QED) is 0.693. The Morgan fingerprint density at radius 1 is 1.00 bits per heavy atom. The van der Waals surface area contributed by atoms with Gasteiger partial charge in [0.1, 0.15) is 11.4 Å². The predicted octanol–water partition coefficient (Wildman–Crippen LogP) is 3.93. The third-order valence-corrected chi connectivity index (χ3v) is 4.24. The average Bonchev–Trinajstić information content (AvgIpc) is 3.13. The molecule has 27 heavy (non-hydrogen) atoms. The smallest absolute Gasteiger partial charge is 0.275 e. The lowest BCUT2D eigenvalue weighted by Gasteiger charge is -2.04. The summed E-state index contributed by atoms with van der Waals surface area (Å²) in [5.41, 5.74) is 0.532. The number of benzene rings is 2. The van der Waals surface area contributed by atoms with Gasteiger partial charge in [0, 0.05) is 22.7 Å². The molecule has 6 nitrogen and oxygen atoms in total. The lowest BCUT2D eigenvalue weighted by Crippen LogP contribution is -2.14. The van der Waals surface area contributed by atoms with Gasteiger partial charge in [0.2, 0.25) is 0 Å². The molecule has 0 aliphatic heterocycles. The number of nitrogens with one attached hydrogen (secondary N) is 2. The van der Waals surface area contributed by atoms with Crippen molar-refractivity contribution in [2.24, 2.45) is 0 Å². The van der Waals surface area contributed by atoms with Crippen LogP contribution in [0, 0.1) is 11.6 Å². The van der Waals surface area contributed by atoms with Crippen LogP contribution in [0.25, 0.3) is 0 Å². The van der Waals surface area contributed by atoms with Gasteiger partial charge in [-0.05, 0) is 36.4 Å². The fraction of sp³-hybridized carbons (Fsp3) is 0.0556. The highest BCUT2D eigenvalue weighted by atomic mass is 32.1. The number of halogens is 2. The first-order valence-corrected chi connectivity index (χ1v) is 8.51. The Kier molecular flexibility index (Phi) is 5.41. The summed E-state index contributed by atoms with van der Waals surface area (Å²) in [6.07, 6.45) is 0. The number of aromatic nitrogens is 1. The number of hydrogen-bond donors (Lipinski definition) is 2. The molecule has 0 radical (unpaired) electrons. The maximum atomic E-state index is 13.2. The van der Waals surface area contributed by atoms with Crippen molar-refractivity contribution < 1.29 is 23.1 Å². The van der Waals surface area contributed by atoms with Crippen LogP contribution >= 0.6 is 11.3 Å². The van der Waals surface area contributed by atoms with Crippen molar-refractivity contribution in [3.05, 3.63) is 70.7 Å². The Labute approximate surface area is 156 Å². The van der Waals surface area contributed by atoms with Gasteiger partial charge in [0.15, 0.2) is 16.8 Å². The highest BCUT2D eigenvalue weighted by Crippen LogP contribution is 2.19. The summed E-state index contributed by atoms with van der Waals surface area (Å²) in [6, 6.07) is 9.50. The van der Waals surface area contributed by atoms with E-state index in [0.717, 1.165) is 23.5 Å². The standard InChI is InChI=1S/C18H13F2N3O3S/c1-26-12-5-2-10(3-6-12)16(24)23-18-22-15(9-27-18)17(25)21-11-4-7-13(19)14(20)8-11/h2-9H,1H3,(H,21,25)(H,22,23,24). The predicted molar refractivity (Wildman–Crippen MR) is 97.4 cm³/mol. The molecule has 1 aromatic heterocycles. The summed E-state index contributed by atoms with van der Waals surface area (Å²) in [5.74, 6) is -2.46. The summed E-state index contributed by atoms with van der Waals surface area (Å²) in [4.78, 5) is 28.4. The van der Waals surface area contributed by atoms with Crippen LogP contribution in [0.2, 0.25) is 0 Å². The molecule has 0 bridgehead atoms. The van der Waals surface area contributed by atoms with Crippen LogP contribution < -0.4 is 15.4 Å². The third-order valence-electron chi connectivity index (χ3n) is 3.49. The van der Waals surface area contributed by atoms with Crippen LogP contribution in [-0.4, -0.2) is 23.9 Å². The highest BCUT2D eigenvalue weighted by molar-refractivity contribution is 7.14. The molecule has 138 valence electrons. The summed E-state index contributed by atoms with van der Waals surface area (Å²) in [6.45, 7) is 0. The van der Waals surface area contributed by atoms with Crippen LogP contribution in [0.4, 0.5) is 19.6 Å². The molecule has 0 fully saturated rings. The minimum absolute atomic E-state index is 0.0368. The molecule has 0 aliphatic carbocycles. The molecule has 0 saturated heterocycles. The number of carbonyl (C=O) groups excluding carboxylic acids is 2. The van der Waals surface area contributed by atoms with Crippen LogP contribution in [0.15, 0.2) is 47.8 Å². The van der Waals surface area contributed by atoms with Gasteiger partial charge in [-0.2, -0.15) is 0 Å². The number of carbonyl (C=O) groups is 2. The van der Waals surface area contributed by atoms with Gasteiger partial charge in [0.25, 0.3) is 11.8 Å². The lowest BCUT2D eigenvalue weighted by atomic mass is 10.2. The minimum Gasteiger partial charge on any atom is -0.497 e. The zero-order valence-corrected chi connectivity index (χ0v) is 14.8. The Bertz CT molecular complexity index is 990. The van der Waals surface area contributed by atoms with Gasteiger partial charge < -0.3 is 10.1 Å². The van der Waals surface area contributed by atoms with Crippen molar-refractivity contribution in [1.82, 2.24) is 4.98 Å². The second kappa shape index (κ2) is 7.92. The molecular weight excluding hydrogens is 376 g/mol. The number of thiazole rings is 1. The van der Waals surface area contributed by atoms with Crippen molar-refractivity contribution in [3.8, 4) is 5.75 Å². The van der Waals surface area contributed by atoms with Crippen molar-refractivity contribution in [1.29, 1.82) is 0 Å². The Morgan fingerprint density at radius 2 is 1.74 bits per heavy atom. The number of ether oxygens (including phenoxy) is 1. The molecule has 1 heterocycles. The second-order valence-corrected chi connectivity index (χ2v) is 6.16. The minimum atomic E-state index is -1.07. The molecule has 0 saturated carbocycles. The fourth-order valence-corrected chi connectivity index (χ4v) is 2.80. The Hall–Kier alpha value is -3.33. The van der Waals surface area contributed by atoms with Gasteiger partial charge in [0.05, 0.1) is 7.11 Å². The molecular formula is C18H13F2N3O3S. The van der Waals surface area contributed by atoms with Crippen LogP contribution in [0.3, 0.4) is 0 Å². The molecule has 0 atom stereocenters. The third kappa shape index (κ3) is 4.45. The molecule has 9 heteroatoms. The second-order valence-electron chi connectivity index (χ2n) is 5.30. The summed E-state index contributed by atoms with van der Waals surface area (Å²) >= 11 is 1.06. The van der Waals surface area contributed by atoms with E-state index in [-0.39, 0.29) is 22.4 Å². The molecule has 0 spiro atoms. The van der Waals surface area contributed by atoms with Crippen molar-refractivity contribution in [3.63, 3.8) is 0 Å². The Morgan fingerprint density at radius 3 is 2.41 bits per heavy atom. The molecule has 0 aliphatic rings. The molecule has 3 rings (SSSR count). The van der Waals surface area contributed by atoms with E-state index in [2.05, 4.69) is 15.6 Å². The van der Waals surface area contributed by atoms with E-state index < -0.39 is 17.5 Å². The number of methoxy groups -OCH3 is 1. The van der Waals surface area contributed by atoms with E-state index in [9.17, 15) is 18.4 Å². The molecule has 2 amide bonds. The first-order chi connectivity index (χ1) is 13.0. The maximum absolute atomic E-state index is 13.2. The number of amides is 2. The van der Waals surface area contributed by atoms with Gasteiger partial charge >= 0.3 is 0 Å². The van der Waals surface area contributed by atoms with Crippen molar-refractivity contribution >= 4 is 34.0 Å². The van der Waals surface area contributed by atoms with Crippen molar-refractivity contribution in [2.75, 3.05) is 17.7 Å². The SMILES string of the molecule is COc1ccc(C(=O)Nc2nc(C(=O)Nc3ccc(F)c(F)c3)cs2)cc1. The van der Waals surface area contributed by atoms with E-state index >= 15 is 0 Å². The zero-order valence-electron chi connectivity index (χ0n) is 14.0. The van der Waals surface area contributed by atoms with E-state index in [4.69, 9.17) is 4.74 Å². The largest absolute Gasteiger partial charge is 0.497 e. The monoisotopic (exact) mass is 389 g/mol. The summed E-state index contributed by atoms with van der Waals surface area (Å²) < 4.78 is 31.1. The van der Waals surface area contributed by atoms with E-state index in [1.54, 1.807) is 24.3 Å². The lowest BCUT2D eigenvalue weighted by molar-refractivity contribution is 0.101. The number of nitrogens with zero attached hydrogens (tertiary/aromatic N) is 1. The zero-order chi connectivity index (χ0) is 19.4.